The smallest absolute Gasteiger partial charge is 0.339 e. The Morgan fingerprint density at radius 1 is 0.879 bits per heavy atom. The molecule has 0 aromatic heterocycles. The monoisotopic (exact) mass is 450 g/mol. The zero-order valence-electron chi connectivity index (χ0n) is 17.9. The number of nitro groups is 2. The molecule has 0 radical (unpaired) electrons. The number of benzene rings is 3. The Morgan fingerprint density at radius 2 is 1.55 bits per heavy atom. The van der Waals surface area contributed by atoms with Gasteiger partial charge in [-0.15, -0.1) is 0 Å². The lowest BCUT2D eigenvalue weighted by atomic mass is 9.86. The molecular formula is C24H22N2O7. The average Bonchev–Trinajstić information content (AvgIpc) is 2.80. The number of rotatable bonds is 6. The summed E-state index contributed by atoms with van der Waals surface area (Å²) in [5.74, 6) is 0.0898. The van der Waals surface area contributed by atoms with Crippen LogP contribution in [0.25, 0.3) is 10.8 Å². The van der Waals surface area contributed by atoms with Crippen LogP contribution in [0.15, 0.2) is 60.7 Å². The number of hydrogen-bond acceptors (Lipinski definition) is 7. The minimum atomic E-state index is -0.854. The lowest BCUT2D eigenvalue weighted by Crippen LogP contribution is -2.40. The van der Waals surface area contributed by atoms with Crippen molar-refractivity contribution in [3.05, 3.63) is 86.5 Å². The summed E-state index contributed by atoms with van der Waals surface area (Å²) in [7, 11) is 0. The molecule has 3 aromatic carbocycles. The molecule has 1 saturated carbocycles. The van der Waals surface area contributed by atoms with Gasteiger partial charge in [0.25, 0.3) is 11.4 Å². The summed E-state index contributed by atoms with van der Waals surface area (Å²) in [6.07, 6.45) is 1.13. The second-order valence-electron chi connectivity index (χ2n) is 8.28. The predicted molar refractivity (Wildman–Crippen MR) is 120 cm³/mol. The molecule has 4 rings (SSSR count). The molecule has 9 heteroatoms. The molecule has 0 amide bonds. The quantitative estimate of drug-likeness (QED) is 0.278. The molecule has 0 heterocycles. The minimum absolute atomic E-state index is 0.237. The van der Waals surface area contributed by atoms with Gasteiger partial charge in [0, 0.05) is 12.1 Å². The van der Waals surface area contributed by atoms with Gasteiger partial charge >= 0.3 is 5.97 Å². The maximum atomic E-state index is 12.8. The van der Waals surface area contributed by atoms with Gasteiger partial charge in [-0.05, 0) is 48.1 Å². The van der Waals surface area contributed by atoms with Gasteiger partial charge in [-0.2, -0.15) is 0 Å². The number of carbonyl (C=O) groups is 1. The number of ether oxygens (including phenoxy) is 2. The Hall–Kier alpha value is -4.01. The van der Waals surface area contributed by atoms with Crippen LogP contribution in [0.1, 0.15) is 36.5 Å². The van der Waals surface area contributed by atoms with Crippen molar-refractivity contribution < 1.29 is 24.1 Å². The molecule has 1 aliphatic carbocycles. The van der Waals surface area contributed by atoms with Crippen LogP contribution in [0.2, 0.25) is 0 Å². The number of esters is 1. The summed E-state index contributed by atoms with van der Waals surface area (Å²) in [6.45, 7) is 2.05. The highest BCUT2D eigenvalue weighted by atomic mass is 16.6. The topological polar surface area (TPSA) is 122 Å². The molecular weight excluding hydrogens is 428 g/mol. The van der Waals surface area contributed by atoms with Crippen LogP contribution in [0.3, 0.4) is 0 Å². The Labute approximate surface area is 189 Å². The number of carbonyl (C=O) groups excluding carboxylic acids is 1. The van der Waals surface area contributed by atoms with E-state index in [9.17, 15) is 25.0 Å². The van der Waals surface area contributed by atoms with Crippen LogP contribution in [-0.4, -0.2) is 28.0 Å². The molecule has 1 aliphatic rings. The van der Waals surface area contributed by atoms with Gasteiger partial charge in [0.15, 0.2) is 0 Å². The normalized spacial score (nSPS) is 20.2. The van der Waals surface area contributed by atoms with Crippen LogP contribution in [-0.2, 0) is 4.74 Å². The predicted octanol–water partition coefficient (Wildman–Crippen LogP) is 5.45. The van der Waals surface area contributed by atoms with Gasteiger partial charge < -0.3 is 9.47 Å². The molecule has 0 spiro atoms. The maximum absolute atomic E-state index is 12.8. The SMILES string of the molecule is C[C@H]1CC[C@@H](Oc2ccc3ccccc3c2)[C@H](OC(=O)c2cc([N+](=O)[O-])cc([N+](=O)[O-])c2)C1. The molecule has 0 unspecified atom stereocenters. The van der Waals surface area contributed by atoms with Crippen molar-refractivity contribution in [1.29, 1.82) is 0 Å². The van der Waals surface area contributed by atoms with Crippen LogP contribution >= 0.6 is 0 Å². The molecule has 9 nitrogen and oxygen atoms in total. The summed E-state index contributed by atoms with van der Waals surface area (Å²) in [5, 5.41) is 24.4. The van der Waals surface area contributed by atoms with Crippen molar-refractivity contribution in [2.45, 2.75) is 38.4 Å². The first kappa shape index (κ1) is 22.2. The summed E-state index contributed by atoms with van der Waals surface area (Å²) in [6, 6.07) is 16.4. The van der Waals surface area contributed by atoms with Gasteiger partial charge in [0.05, 0.1) is 21.5 Å². The molecule has 0 aliphatic heterocycles. The van der Waals surface area contributed by atoms with E-state index in [1.54, 1.807) is 0 Å². The highest BCUT2D eigenvalue weighted by molar-refractivity contribution is 5.91. The average molecular weight is 450 g/mol. The van der Waals surface area contributed by atoms with E-state index in [0.29, 0.717) is 24.5 Å². The zero-order chi connectivity index (χ0) is 23.5. The molecule has 0 N–H and O–H groups in total. The van der Waals surface area contributed by atoms with Crippen molar-refractivity contribution in [2.24, 2.45) is 5.92 Å². The molecule has 33 heavy (non-hydrogen) atoms. The molecule has 170 valence electrons. The number of nitrogens with zero attached hydrogens (tertiary/aromatic N) is 2. The minimum Gasteiger partial charge on any atom is -0.487 e. The van der Waals surface area contributed by atoms with E-state index in [2.05, 4.69) is 0 Å². The fourth-order valence-electron chi connectivity index (χ4n) is 4.10. The highest BCUT2D eigenvalue weighted by Crippen LogP contribution is 2.32. The van der Waals surface area contributed by atoms with Gasteiger partial charge in [-0.25, -0.2) is 4.79 Å². The van der Waals surface area contributed by atoms with Crippen LogP contribution in [0.4, 0.5) is 11.4 Å². The number of non-ortho nitro benzene ring substituents is 2. The maximum Gasteiger partial charge on any atom is 0.339 e. The lowest BCUT2D eigenvalue weighted by Gasteiger charge is -2.34. The molecule has 0 saturated heterocycles. The van der Waals surface area contributed by atoms with Crippen molar-refractivity contribution >= 4 is 28.1 Å². The zero-order valence-corrected chi connectivity index (χ0v) is 17.9. The number of nitro benzene ring substituents is 2. The largest absolute Gasteiger partial charge is 0.487 e. The van der Waals surface area contributed by atoms with Crippen molar-refractivity contribution in [3.8, 4) is 5.75 Å². The summed E-state index contributed by atoms with van der Waals surface area (Å²) in [5.41, 5.74) is -1.33. The van der Waals surface area contributed by atoms with E-state index < -0.39 is 39.4 Å². The van der Waals surface area contributed by atoms with E-state index in [0.717, 1.165) is 35.4 Å². The number of fused-ring (bicyclic) bond motifs is 1. The standard InChI is InChI=1S/C24H22N2O7/c1-15-6-9-22(32-21-8-7-16-4-2-3-5-17(16)13-21)23(10-15)33-24(27)18-11-19(25(28)29)14-20(12-18)26(30)31/h2-5,7-8,11-15,22-23H,6,9-10H2,1H3/t15-,22+,23+/m0/s1. The first-order valence-electron chi connectivity index (χ1n) is 10.6. The van der Waals surface area contributed by atoms with Gasteiger partial charge in [-0.3, -0.25) is 20.2 Å². The Kier molecular flexibility index (Phi) is 6.21. The van der Waals surface area contributed by atoms with Gasteiger partial charge in [-0.1, -0.05) is 37.3 Å². The van der Waals surface area contributed by atoms with Crippen LogP contribution < -0.4 is 4.74 Å². The Balaban J connectivity index is 1.56. The molecule has 3 aromatic rings. The lowest BCUT2D eigenvalue weighted by molar-refractivity contribution is -0.394. The Bertz CT molecular complexity index is 1190. The van der Waals surface area contributed by atoms with Crippen molar-refractivity contribution in [2.75, 3.05) is 0 Å². The van der Waals surface area contributed by atoms with Gasteiger partial charge in [0.2, 0.25) is 0 Å². The van der Waals surface area contributed by atoms with E-state index in [1.807, 2.05) is 49.4 Å². The van der Waals surface area contributed by atoms with Crippen LogP contribution in [0.5, 0.6) is 5.75 Å². The third-order valence-electron chi connectivity index (χ3n) is 5.82. The Morgan fingerprint density at radius 3 is 2.21 bits per heavy atom. The van der Waals surface area contributed by atoms with E-state index in [1.165, 1.54) is 0 Å². The van der Waals surface area contributed by atoms with Gasteiger partial charge in [0.1, 0.15) is 18.0 Å². The second kappa shape index (κ2) is 9.23. The summed E-state index contributed by atoms with van der Waals surface area (Å²) < 4.78 is 11.9. The first-order valence-corrected chi connectivity index (χ1v) is 10.6. The fraction of sp³-hybridized carbons (Fsp3) is 0.292. The third-order valence-corrected chi connectivity index (χ3v) is 5.82. The summed E-state index contributed by atoms with van der Waals surface area (Å²) >= 11 is 0. The van der Waals surface area contributed by atoms with Crippen molar-refractivity contribution in [1.82, 2.24) is 0 Å². The second-order valence-corrected chi connectivity index (χ2v) is 8.28. The van der Waals surface area contributed by atoms with E-state index >= 15 is 0 Å². The van der Waals surface area contributed by atoms with Crippen molar-refractivity contribution in [3.63, 3.8) is 0 Å². The van der Waals surface area contributed by atoms with E-state index in [-0.39, 0.29) is 5.56 Å². The summed E-state index contributed by atoms with van der Waals surface area (Å²) in [4.78, 5) is 33.5. The third kappa shape index (κ3) is 5.08. The molecule has 1 fully saturated rings. The van der Waals surface area contributed by atoms with Crippen LogP contribution in [0, 0.1) is 26.1 Å². The number of hydrogen-bond donors (Lipinski definition) is 0. The molecule has 0 bridgehead atoms. The highest BCUT2D eigenvalue weighted by Gasteiger charge is 2.34. The first-order chi connectivity index (χ1) is 15.8. The fourth-order valence-corrected chi connectivity index (χ4v) is 4.10. The molecule has 3 atom stereocenters. The van der Waals surface area contributed by atoms with E-state index in [4.69, 9.17) is 9.47 Å².